The summed E-state index contributed by atoms with van der Waals surface area (Å²) in [6.07, 6.45) is 3.92. The second-order valence-electron chi connectivity index (χ2n) is 4.64. The fraction of sp³-hybridized carbons (Fsp3) is 0.533. The summed E-state index contributed by atoms with van der Waals surface area (Å²) in [6, 6.07) is 5.77. The van der Waals surface area contributed by atoms with Crippen LogP contribution in [0.5, 0.6) is 5.75 Å². The van der Waals surface area contributed by atoms with Gasteiger partial charge in [0.05, 0.1) is 18.3 Å². The molecule has 0 unspecified atom stereocenters. The number of aryl methyl sites for hydroxylation is 1. The lowest BCUT2D eigenvalue weighted by atomic mass is 10.1. The molecule has 0 saturated heterocycles. The van der Waals surface area contributed by atoms with Crippen LogP contribution in [0.25, 0.3) is 0 Å². The fourth-order valence-electron chi connectivity index (χ4n) is 1.75. The molecule has 0 fully saturated rings. The molecule has 2 nitrogen and oxygen atoms in total. The molecule has 1 aromatic carbocycles. The zero-order valence-corrected chi connectivity index (χ0v) is 12.1. The van der Waals surface area contributed by atoms with Crippen LogP contribution in [-0.2, 0) is 6.42 Å². The highest BCUT2D eigenvalue weighted by molar-refractivity contribution is 6.32. The van der Waals surface area contributed by atoms with Gasteiger partial charge < -0.3 is 10.1 Å². The van der Waals surface area contributed by atoms with Gasteiger partial charge in [0.25, 0.3) is 0 Å². The summed E-state index contributed by atoms with van der Waals surface area (Å²) in [4.78, 5) is 0. The summed E-state index contributed by atoms with van der Waals surface area (Å²) >= 11 is 6.14. The number of benzene rings is 1. The first kappa shape index (κ1) is 16.0. The third-order valence-electron chi connectivity index (χ3n) is 2.80. The van der Waals surface area contributed by atoms with Crippen molar-refractivity contribution in [3.8, 4) is 5.75 Å². The number of hydrogen-bond donors (Lipinski definition) is 1. The molecular formula is C15H21ClFNO. The summed E-state index contributed by atoms with van der Waals surface area (Å²) in [5.41, 5.74) is 1.86. The largest absolute Gasteiger partial charge is 0.492 e. The Kier molecular flexibility index (Phi) is 7.49. The van der Waals surface area contributed by atoms with E-state index in [1.54, 1.807) is 0 Å². The van der Waals surface area contributed by atoms with Gasteiger partial charge >= 0.3 is 0 Å². The average molecular weight is 286 g/mol. The van der Waals surface area contributed by atoms with Crippen LogP contribution in [0.4, 0.5) is 4.39 Å². The van der Waals surface area contributed by atoms with E-state index in [4.69, 9.17) is 21.7 Å². The van der Waals surface area contributed by atoms with Crippen LogP contribution in [0.15, 0.2) is 18.2 Å². The average Bonchev–Trinajstić information content (AvgIpc) is 2.36. The maximum Gasteiger partial charge on any atom is 0.137 e. The molecule has 0 heterocycles. The first-order valence-corrected chi connectivity index (χ1v) is 7.02. The van der Waals surface area contributed by atoms with Crippen LogP contribution in [0.3, 0.4) is 0 Å². The molecular weight excluding hydrogens is 265 g/mol. The second-order valence-corrected chi connectivity index (χ2v) is 5.05. The zero-order valence-electron chi connectivity index (χ0n) is 11.3. The lowest BCUT2D eigenvalue weighted by molar-refractivity contribution is 0.297. The van der Waals surface area contributed by atoms with Crippen molar-refractivity contribution in [3.63, 3.8) is 0 Å². The zero-order chi connectivity index (χ0) is 14.1. The summed E-state index contributed by atoms with van der Waals surface area (Å²) < 4.78 is 17.4. The van der Waals surface area contributed by atoms with Gasteiger partial charge in [-0.15, -0.1) is 0 Å². The molecule has 0 atom stereocenters. The Bertz CT molecular complexity index is 409. The molecule has 0 spiro atoms. The summed E-state index contributed by atoms with van der Waals surface area (Å²) in [5.74, 6) is 0.660. The minimum Gasteiger partial charge on any atom is -0.492 e. The highest BCUT2D eigenvalue weighted by atomic mass is 35.5. The molecule has 0 saturated carbocycles. The number of rotatable bonds is 9. The first-order valence-electron chi connectivity index (χ1n) is 6.64. The van der Waals surface area contributed by atoms with Crippen molar-refractivity contribution in [2.24, 2.45) is 0 Å². The number of halogens is 2. The lowest BCUT2D eigenvalue weighted by Crippen LogP contribution is -1.99. The lowest BCUT2D eigenvalue weighted by Gasteiger charge is -2.09. The molecule has 1 N–H and O–H groups in total. The van der Waals surface area contributed by atoms with Crippen LogP contribution >= 0.6 is 11.6 Å². The normalized spacial score (nSPS) is 10.5. The maximum absolute atomic E-state index is 11.9. The quantitative estimate of drug-likeness (QED) is 0.511. The van der Waals surface area contributed by atoms with Crippen molar-refractivity contribution in [1.82, 2.24) is 0 Å². The van der Waals surface area contributed by atoms with Gasteiger partial charge in [-0.05, 0) is 56.7 Å². The van der Waals surface area contributed by atoms with Gasteiger partial charge in [-0.1, -0.05) is 17.7 Å². The van der Waals surface area contributed by atoms with E-state index in [1.807, 2.05) is 25.1 Å². The number of ether oxygens (including phenoxy) is 1. The van der Waals surface area contributed by atoms with E-state index < -0.39 is 0 Å². The van der Waals surface area contributed by atoms with E-state index in [2.05, 4.69) is 0 Å². The topological polar surface area (TPSA) is 33.1 Å². The Hall–Kier alpha value is -1.09. The van der Waals surface area contributed by atoms with Crippen LogP contribution in [-0.4, -0.2) is 19.0 Å². The monoisotopic (exact) mass is 285 g/mol. The van der Waals surface area contributed by atoms with Gasteiger partial charge in [-0.25, -0.2) is 0 Å². The Balaban J connectivity index is 2.42. The second kappa shape index (κ2) is 8.92. The van der Waals surface area contributed by atoms with Crippen molar-refractivity contribution in [2.75, 3.05) is 13.3 Å². The fourth-order valence-corrected chi connectivity index (χ4v) is 2.01. The van der Waals surface area contributed by atoms with Gasteiger partial charge in [-0.3, -0.25) is 4.39 Å². The van der Waals surface area contributed by atoms with Gasteiger partial charge in [0, 0.05) is 5.71 Å². The predicted octanol–water partition coefficient (Wildman–Crippen LogP) is 4.83. The Morgan fingerprint density at radius 3 is 2.74 bits per heavy atom. The molecule has 1 aromatic rings. The van der Waals surface area contributed by atoms with E-state index >= 15 is 0 Å². The Labute approximate surface area is 119 Å². The third kappa shape index (κ3) is 6.58. The van der Waals surface area contributed by atoms with Gasteiger partial charge in [-0.2, -0.15) is 0 Å². The predicted molar refractivity (Wildman–Crippen MR) is 78.5 cm³/mol. The highest BCUT2D eigenvalue weighted by Crippen LogP contribution is 2.26. The minimum absolute atomic E-state index is 0.303. The summed E-state index contributed by atoms with van der Waals surface area (Å²) in [6.45, 7) is 2.01. The number of nitrogens with one attached hydrogen (secondary N) is 1. The van der Waals surface area contributed by atoms with Gasteiger partial charge in [0.15, 0.2) is 0 Å². The molecule has 1 rings (SSSR count). The summed E-state index contributed by atoms with van der Waals surface area (Å²) in [7, 11) is 0. The molecule has 0 aliphatic rings. The standard InChI is InChI=1S/C15H21ClFNO/c1-12(18)5-4-6-13-7-8-15(14(16)11-13)19-10-3-2-9-17/h7-8,11,18H,2-6,9-10H2,1H3. The SMILES string of the molecule is CC(=N)CCCc1ccc(OCCCCF)c(Cl)c1. The highest BCUT2D eigenvalue weighted by Gasteiger charge is 2.03. The van der Waals surface area contributed by atoms with E-state index in [9.17, 15) is 4.39 Å². The van der Waals surface area contributed by atoms with Crippen LogP contribution in [0, 0.1) is 5.41 Å². The molecule has 0 amide bonds. The molecule has 0 aromatic heterocycles. The molecule has 4 heteroatoms. The van der Waals surface area contributed by atoms with E-state index in [0.29, 0.717) is 35.9 Å². The number of unbranched alkanes of at least 4 members (excludes halogenated alkanes) is 1. The van der Waals surface area contributed by atoms with Crippen LogP contribution < -0.4 is 4.74 Å². The van der Waals surface area contributed by atoms with Gasteiger partial charge in [0.2, 0.25) is 0 Å². The number of hydrogen-bond acceptors (Lipinski definition) is 2. The number of alkyl halides is 1. The Morgan fingerprint density at radius 1 is 1.32 bits per heavy atom. The minimum atomic E-state index is -0.303. The molecule has 0 aliphatic heterocycles. The van der Waals surface area contributed by atoms with Crippen molar-refractivity contribution < 1.29 is 9.13 Å². The molecule has 0 aliphatic carbocycles. The smallest absolute Gasteiger partial charge is 0.137 e. The van der Waals surface area contributed by atoms with Crippen molar-refractivity contribution >= 4 is 17.3 Å². The van der Waals surface area contributed by atoms with Gasteiger partial charge in [0.1, 0.15) is 5.75 Å². The van der Waals surface area contributed by atoms with Crippen molar-refractivity contribution in [1.29, 1.82) is 5.41 Å². The van der Waals surface area contributed by atoms with Crippen molar-refractivity contribution in [3.05, 3.63) is 28.8 Å². The molecule has 106 valence electrons. The van der Waals surface area contributed by atoms with Crippen molar-refractivity contribution in [2.45, 2.75) is 39.0 Å². The van der Waals surface area contributed by atoms with Crippen LogP contribution in [0.2, 0.25) is 5.02 Å². The van der Waals surface area contributed by atoms with Crippen LogP contribution in [0.1, 0.15) is 38.2 Å². The Morgan fingerprint density at radius 2 is 2.11 bits per heavy atom. The molecule has 0 radical (unpaired) electrons. The van der Waals surface area contributed by atoms with E-state index in [1.165, 1.54) is 0 Å². The molecule has 19 heavy (non-hydrogen) atoms. The maximum atomic E-state index is 11.9. The first-order chi connectivity index (χ1) is 9.13. The third-order valence-corrected chi connectivity index (χ3v) is 3.09. The summed E-state index contributed by atoms with van der Waals surface area (Å²) in [5, 5.41) is 7.98. The van der Waals surface area contributed by atoms with E-state index in [0.717, 1.165) is 24.8 Å². The van der Waals surface area contributed by atoms with E-state index in [-0.39, 0.29) is 6.67 Å². The molecule has 0 bridgehead atoms.